The number of hydrogen-bond donors (Lipinski definition) is 0. The molecule has 1 aromatic heterocycles. The number of halogens is 4. The first-order chi connectivity index (χ1) is 21.1. The maximum atomic E-state index is 16.9. The van der Waals surface area contributed by atoms with Gasteiger partial charge in [-0.1, -0.05) is 42.8 Å². The standard InChI is InChI=1S/C35H36ClF3N4O/c1-20-11-22-5-3-6-26(36)28(22)24(12-20)29-27(38)13-25-31(30(29)39)40-33(44-19-35-8-4-10-43(35)17-23(37)15-35)41-32(25)42-16-21-7-9-34(2,14-21)18-42/h3,5-6,11-13,21,23H,4,7-10,14-19H2,1-2H3/t21?,23-,34+,35?/m1/s1. The smallest absolute Gasteiger partial charge is 0.319 e. The van der Waals surface area contributed by atoms with Crippen molar-refractivity contribution in [3.8, 4) is 17.1 Å². The largest absolute Gasteiger partial charge is 0.461 e. The van der Waals surface area contributed by atoms with Crippen LogP contribution in [-0.4, -0.2) is 59.4 Å². The maximum absolute atomic E-state index is 16.9. The zero-order valence-corrected chi connectivity index (χ0v) is 25.9. The molecule has 2 bridgehead atoms. The number of aromatic nitrogens is 2. The lowest BCUT2D eigenvalue weighted by Gasteiger charge is -2.39. The van der Waals surface area contributed by atoms with Gasteiger partial charge in [-0.05, 0) is 85.6 Å². The summed E-state index contributed by atoms with van der Waals surface area (Å²) < 4.78 is 53.9. The van der Waals surface area contributed by atoms with Crippen molar-refractivity contribution < 1.29 is 17.9 Å². The highest BCUT2D eigenvalue weighted by Gasteiger charge is 2.49. The molecule has 4 aromatic rings. The first-order valence-corrected chi connectivity index (χ1v) is 16.2. The van der Waals surface area contributed by atoms with Gasteiger partial charge in [0.15, 0.2) is 5.82 Å². The Hall–Kier alpha value is -3.10. The summed E-state index contributed by atoms with van der Waals surface area (Å²) in [5, 5.41) is 2.14. The Labute approximate surface area is 260 Å². The fraction of sp³-hybridized carbons (Fsp3) is 0.486. The van der Waals surface area contributed by atoms with Gasteiger partial charge in [0, 0.05) is 41.9 Å². The second kappa shape index (κ2) is 10.2. The molecule has 0 spiro atoms. The number of fused-ring (bicyclic) bond motifs is 5. The summed E-state index contributed by atoms with van der Waals surface area (Å²) in [4.78, 5) is 13.8. The topological polar surface area (TPSA) is 41.5 Å². The van der Waals surface area contributed by atoms with E-state index in [1.165, 1.54) is 6.07 Å². The lowest BCUT2D eigenvalue weighted by atomic mass is 9.84. The Morgan fingerprint density at radius 2 is 1.95 bits per heavy atom. The minimum absolute atomic E-state index is 0.0155. The summed E-state index contributed by atoms with van der Waals surface area (Å²) >= 11 is 6.62. The molecule has 2 unspecified atom stereocenters. The third-order valence-corrected chi connectivity index (χ3v) is 11.0. The molecule has 230 valence electrons. The number of benzene rings is 3. The van der Waals surface area contributed by atoms with E-state index in [0.29, 0.717) is 46.1 Å². The summed E-state index contributed by atoms with van der Waals surface area (Å²) in [6.07, 6.45) is 4.74. The Bertz CT molecular complexity index is 1820. The van der Waals surface area contributed by atoms with Crippen molar-refractivity contribution in [2.24, 2.45) is 11.3 Å². The quantitative estimate of drug-likeness (QED) is 0.225. The predicted octanol–water partition coefficient (Wildman–Crippen LogP) is 8.27. The van der Waals surface area contributed by atoms with Crippen molar-refractivity contribution in [3.05, 3.63) is 58.6 Å². The van der Waals surface area contributed by atoms with E-state index in [4.69, 9.17) is 21.3 Å². The number of anilines is 1. The van der Waals surface area contributed by atoms with Gasteiger partial charge in [-0.3, -0.25) is 4.90 Å². The van der Waals surface area contributed by atoms with Crippen LogP contribution in [-0.2, 0) is 0 Å². The number of ether oxygens (including phenoxy) is 1. The first kappa shape index (κ1) is 28.4. The van der Waals surface area contributed by atoms with Gasteiger partial charge in [0.05, 0.1) is 11.1 Å². The molecule has 3 aromatic carbocycles. The molecule has 4 fully saturated rings. The van der Waals surface area contributed by atoms with Crippen molar-refractivity contribution in [1.82, 2.24) is 14.9 Å². The van der Waals surface area contributed by atoms with E-state index in [2.05, 4.69) is 21.7 Å². The van der Waals surface area contributed by atoms with Crippen LogP contribution in [0.5, 0.6) is 6.01 Å². The van der Waals surface area contributed by atoms with Crippen LogP contribution in [0.1, 0.15) is 51.0 Å². The molecule has 9 heteroatoms. The molecule has 4 aliphatic rings. The van der Waals surface area contributed by atoms with Crippen LogP contribution in [0.3, 0.4) is 0 Å². The third-order valence-electron chi connectivity index (χ3n) is 10.7. The van der Waals surface area contributed by atoms with Crippen LogP contribution in [0.4, 0.5) is 19.0 Å². The van der Waals surface area contributed by atoms with Gasteiger partial charge in [-0.25, -0.2) is 13.2 Å². The van der Waals surface area contributed by atoms with Crippen LogP contribution in [0, 0.1) is 29.9 Å². The second-order valence-corrected chi connectivity index (χ2v) is 14.5. The van der Waals surface area contributed by atoms with E-state index in [-0.39, 0.29) is 29.1 Å². The van der Waals surface area contributed by atoms with E-state index in [0.717, 1.165) is 62.7 Å². The van der Waals surface area contributed by atoms with Gasteiger partial charge in [0.1, 0.15) is 29.9 Å². The summed E-state index contributed by atoms with van der Waals surface area (Å²) in [6.45, 7) is 7.18. The molecular weight excluding hydrogens is 585 g/mol. The average molecular weight is 621 g/mol. The number of rotatable bonds is 5. The Balaban J connectivity index is 1.29. The molecule has 8 rings (SSSR count). The molecule has 0 N–H and O–H groups in total. The van der Waals surface area contributed by atoms with E-state index in [1.807, 2.05) is 25.1 Å². The van der Waals surface area contributed by atoms with E-state index >= 15 is 8.78 Å². The van der Waals surface area contributed by atoms with Crippen LogP contribution in [0.25, 0.3) is 32.8 Å². The zero-order valence-electron chi connectivity index (χ0n) is 25.1. The Kier molecular flexibility index (Phi) is 6.59. The fourth-order valence-electron chi connectivity index (χ4n) is 8.84. The number of piperidine rings is 1. The Morgan fingerprint density at radius 3 is 2.80 bits per heavy atom. The Morgan fingerprint density at radius 1 is 1.09 bits per heavy atom. The zero-order chi connectivity index (χ0) is 30.4. The SMILES string of the molecule is Cc1cc(-c2c(F)cc3c(N4CC5CC[C@@](C)(C5)C4)nc(OCC45CCCN4C[C@H](F)C5)nc3c2F)c2c(Cl)cccc2c1. The molecule has 0 radical (unpaired) electrons. The number of nitrogens with zero attached hydrogens (tertiary/aromatic N) is 4. The van der Waals surface area contributed by atoms with E-state index in [9.17, 15) is 4.39 Å². The van der Waals surface area contributed by atoms with Gasteiger partial charge in [0.2, 0.25) is 0 Å². The summed E-state index contributed by atoms with van der Waals surface area (Å²) in [6, 6.07) is 10.6. The first-order valence-electron chi connectivity index (χ1n) is 15.8. The van der Waals surface area contributed by atoms with Gasteiger partial charge in [-0.2, -0.15) is 9.97 Å². The number of alkyl halides is 1. The molecule has 1 aliphatic carbocycles. The second-order valence-electron chi connectivity index (χ2n) is 14.1. The van der Waals surface area contributed by atoms with Crippen molar-refractivity contribution in [2.75, 3.05) is 37.7 Å². The molecular formula is C35H36ClF3N4O. The molecule has 3 aliphatic heterocycles. The van der Waals surface area contributed by atoms with Crippen molar-refractivity contribution >= 4 is 39.1 Å². The molecule has 44 heavy (non-hydrogen) atoms. The summed E-state index contributed by atoms with van der Waals surface area (Å²) in [7, 11) is 0. The highest BCUT2D eigenvalue weighted by molar-refractivity contribution is 6.36. The van der Waals surface area contributed by atoms with Crippen molar-refractivity contribution in [1.29, 1.82) is 0 Å². The number of hydrogen-bond acceptors (Lipinski definition) is 5. The monoisotopic (exact) mass is 620 g/mol. The molecule has 4 heterocycles. The van der Waals surface area contributed by atoms with E-state index in [1.54, 1.807) is 12.1 Å². The van der Waals surface area contributed by atoms with Gasteiger partial charge in [-0.15, -0.1) is 0 Å². The van der Waals surface area contributed by atoms with Crippen LogP contribution >= 0.6 is 11.6 Å². The minimum atomic E-state index is -0.893. The fourth-order valence-corrected chi connectivity index (χ4v) is 9.12. The summed E-state index contributed by atoms with van der Waals surface area (Å²) in [5.74, 6) is -0.456. The molecule has 4 atom stereocenters. The maximum Gasteiger partial charge on any atom is 0.319 e. The molecule has 3 saturated heterocycles. The lowest BCUT2D eigenvalue weighted by Crippen LogP contribution is -2.44. The average Bonchev–Trinajstić information content (AvgIpc) is 3.59. The third kappa shape index (κ3) is 4.54. The van der Waals surface area contributed by atoms with Crippen molar-refractivity contribution in [3.63, 3.8) is 0 Å². The highest BCUT2D eigenvalue weighted by atomic mass is 35.5. The van der Waals surface area contributed by atoms with Gasteiger partial charge >= 0.3 is 6.01 Å². The molecule has 1 saturated carbocycles. The van der Waals surface area contributed by atoms with Crippen LogP contribution in [0.15, 0.2) is 36.4 Å². The van der Waals surface area contributed by atoms with E-state index < -0.39 is 23.3 Å². The van der Waals surface area contributed by atoms with Crippen LogP contribution in [0.2, 0.25) is 5.02 Å². The van der Waals surface area contributed by atoms with Gasteiger partial charge < -0.3 is 9.64 Å². The van der Waals surface area contributed by atoms with Crippen LogP contribution < -0.4 is 9.64 Å². The molecule has 5 nitrogen and oxygen atoms in total. The molecule has 0 amide bonds. The normalized spacial score (nSPS) is 28.4. The lowest BCUT2D eigenvalue weighted by molar-refractivity contribution is 0.107. The van der Waals surface area contributed by atoms with Crippen molar-refractivity contribution in [2.45, 2.75) is 64.1 Å². The highest BCUT2D eigenvalue weighted by Crippen LogP contribution is 2.48. The number of aryl methyl sites for hydroxylation is 1. The predicted molar refractivity (Wildman–Crippen MR) is 168 cm³/mol. The minimum Gasteiger partial charge on any atom is -0.461 e. The summed E-state index contributed by atoms with van der Waals surface area (Å²) in [5.41, 5.74) is 0.812. The van der Waals surface area contributed by atoms with Gasteiger partial charge in [0.25, 0.3) is 0 Å².